The number of aryl methyl sites for hydroxylation is 1. The van der Waals surface area contributed by atoms with Gasteiger partial charge in [-0.3, -0.25) is 0 Å². The summed E-state index contributed by atoms with van der Waals surface area (Å²) in [6.45, 7) is 4.09. The number of carbonyl (C=O) groups excluding carboxylic acids is 1. The molecular formula is C17H18BCl2NO4. The van der Waals surface area contributed by atoms with Gasteiger partial charge in [-0.25, -0.2) is 4.79 Å². The molecule has 0 aliphatic carbocycles. The van der Waals surface area contributed by atoms with E-state index in [4.69, 9.17) is 37.7 Å². The van der Waals surface area contributed by atoms with Gasteiger partial charge >= 0.3 is 5.97 Å². The van der Waals surface area contributed by atoms with Crippen LogP contribution in [0.25, 0.3) is 0 Å². The topological polar surface area (TPSA) is 67.8 Å². The van der Waals surface area contributed by atoms with E-state index in [0.29, 0.717) is 33.6 Å². The number of hydrogen-bond donors (Lipinski definition) is 2. The number of benzene rings is 2. The molecule has 132 valence electrons. The van der Waals surface area contributed by atoms with E-state index in [1.54, 1.807) is 30.3 Å². The molecule has 0 atom stereocenters. The maximum absolute atomic E-state index is 12.2. The first-order valence-electron chi connectivity index (χ1n) is 7.36. The Hall–Kier alpha value is -1.73. The van der Waals surface area contributed by atoms with E-state index in [1.165, 1.54) is 0 Å². The summed E-state index contributed by atoms with van der Waals surface area (Å²) in [5, 5.41) is 10.6. The van der Waals surface area contributed by atoms with Gasteiger partial charge in [0.05, 0.1) is 27.0 Å². The molecular weight excluding hydrogens is 364 g/mol. The SMILES string of the molecule is CCOCOC(=O)c1ccccc1Nc1c(Cl)ccc(C)c1Cl.[B]O. The number of anilines is 2. The molecule has 0 saturated carbocycles. The molecule has 0 amide bonds. The summed E-state index contributed by atoms with van der Waals surface area (Å²) in [6.07, 6.45) is 0. The predicted octanol–water partition coefficient (Wildman–Crippen LogP) is 4.26. The smallest absolute Gasteiger partial charge is 0.342 e. The second-order valence-corrected chi connectivity index (χ2v) is 5.55. The molecule has 0 unspecified atom stereocenters. The quantitative estimate of drug-likeness (QED) is 0.338. The van der Waals surface area contributed by atoms with Gasteiger partial charge in [0.2, 0.25) is 0 Å². The van der Waals surface area contributed by atoms with Crippen molar-refractivity contribution in [2.45, 2.75) is 13.8 Å². The molecule has 0 heterocycles. The molecule has 2 rings (SSSR count). The number of ether oxygens (including phenoxy) is 2. The highest BCUT2D eigenvalue weighted by atomic mass is 35.5. The van der Waals surface area contributed by atoms with Crippen molar-refractivity contribution in [1.82, 2.24) is 0 Å². The average molecular weight is 382 g/mol. The van der Waals surface area contributed by atoms with Crippen LogP contribution in [-0.2, 0) is 9.47 Å². The summed E-state index contributed by atoms with van der Waals surface area (Å²) in [7, 11) is 3.50. The summed E-state index contributed by atoms with van der Waals surface area (Å²) < 4.78 is 10.1. The molecule has 0 fully saturated rings. The highest BCUT2D eigenvalue weighted by Crippen LogP contribution is 2.36. The number of para-hydroxylation sites is 1. The molecule has 0 aliphatic heterocycles. The molecule has 0 bridgehead atoms. The Bertz CT molecular complexity index is 713. The van der Waals surface area contributed by atoms with Crippen LogP contribution in [0.1, 0.15) is 22.8 Å². The molecule has 25 heavy (non-hydrogen) atoms. The summed E-state index contributed by atoms with van der Waals surface area (Å²) in [4.78, 5) is 12.2. The Kier molecular flexibility index (Phi) is 9.38. The Balaban J connectivity index is 0.00000151. The Morgan fingerprint density at radius 3 is 2.56 bits per heavy atom. The van der Waals surface area contributed by atoms with Crippen LogP contribution in [0, 0.1) is 6.92 Å². The third kappa shape index (κ3) is 5.94. The number of rotatable bonds is 6. The largest absolute Gasteiger partial charge is 0.461 e. The van der Waals surface area contributed by atoms with Crippen LogP contribution in [0.2, 0.25) is 10.0 Å². The first kappa shape index (κ1) is 21.3. The van der Waals surface area contributed by atoms with Crippen molar-refractivity contribution in [2.75, 3.05) is 18.7 Å². The van der Waals surface area contributed by atoms with E-state index in [1.807, 2.05) is 19.9 Å². The highest BCUT2D eigenvalue weighted by Gasteiger charge is 2.15. The average Bonchev–Trinajstić information content (AvgIpc) is 2.64. The first-order chi connectivity index (χ1) is 12.0. The Labute approximate surface area is 158 Å². The second-order valence-electron chi connectivity index (χ2n) is 4.77. The summed E-state index contributed by atoms with van der Waals surface area (Å²) in [5.41, 5.74) is 2.37. The fraction of sp³-hybridized carbons (Fsp3) is 0.235. The second kappa shape index (κ2) is 11.0. The van der Waals surface area contributed by atoms with Gasteiger partial charge in [0.25, 0.3) is 8.05 Å². The van der Waals surface area contributed by atoms with Gasteiger partial charge in [0.15, 0.2) is 6.79 Å². The monoisotopic (exact) mass is 381 g/mol. The zero-order valence-corrected chi connectivity index (χ0v) is 15.4. The van der Waals surface area contributed by atoms with E-state index in [9.17, 15) is 4.79 Å². The van der Waals surface area contributed by atoms with Crippen molar-refractivity contribution in [1.29, 1.82) is 0 Å². The lowest BCUT2D eigenvalue weighted by molar-refractivity contribution is -0.0273. The van der Waals surface area contributed by atoms with E-state index < -0.39 is 5.97 Å². The number of esters is 1. The molecule has 2 radical (unpaired) electrons. The van der Waals surface area contributed by atoms with E-state index in [-0.39, 0.29) is 6.79 Å². The number of carbonyl (C=O) groups is 1. The minimum atomic E-state index is -0.485. The lowest BCUT2D eigenvalue weighted by atomic mass is 10.1. The number of halogens is 2. The zero-order chi connectivity index (χ0) is 18.8. The minimum absolute atomic E-state index is 0.0877. The van der Waals surface area contributed by atoms with Gasteiger partial charge in [0, 0.05) is 6.61 Å². The minimum Gasteiger partial charge on any atom is -0.461 e. The van der Waals surface area contributed by atoms with E-state index in [2.05, 4.69) is 13.4 Å². The van der Waals surface area contributed by atoms with Crippen molar-refractivity contribution >= 4 is 48.6 Å². The van der Waals surface area contributed by atoms with Crippen molar-refractivity contribution in [3.8, 4) is 0 Å². The van der Waals surface area contributed by atoms with Gasteiger partial charge in [-0.1, -0.05) is 41.4 Å². The number of hydrogen-bond acceptors (Lipinski definition) is 5. The third-order valence-electron chi connectivity index (χ3n) is 3.17. The van der Waals surface area contributed by atoms with Crippen molar-refractivity contribution < 1.29 is 19.3 Å². The summed E-state index contributed by atoms with van der Waals surface area (Å²) in [6, 6.07) is 10.6. The van der Waals surface area contributed by atoms with Gasteiger partial charge < -0.3 is 19.8 Å². The van der Waals surface area contributed by atoms with Gasteiger partial charge in [0.1, 0.15) is 0 Å². The first-order valence-corrected chi connectivity index (χ1v) is 8.11. The van der Waals surface area contributed by atoms with E-state index >= 15 is 0 Å². The van der Waals surface area contributed by atoms with E-state index in [0.717, 1.165) is 5.56 Å². The molecule has 8 heteroatoms. The Morgan fingerprint density at radius 2 is 1.88 bits per heavy atom. The van der Waals surface area contributed by atoms with Crippen LogP contribution in [0.4, 0.5) is 11.4 Å². The highest BCUT2D eigenvalue weighted by molar-refractivity contribution is 6.39. The van der Waals surface area contributed by atoms with Crippen molar-refractivity contribution in [2.24, 2.45) is 0 Å². The lowest BCUT2D eigenvalue weighted by Gasteiger charge is -2.15. The normalized spacial score (nSPS) is 9.80. The van der Waals surface area contributed by atoms with Crippen LogP contribution < -0.4 is 5.32 Å². The van der Waals surface area contributed by atoms with Crippen LogP contribution in [0.5, 0.6) is 0 Å². The molecule has 0 aromatic heterocycles. The van der Waals surface area contributed by atoms with Gasteiger partial charge in [-0.15, -0.1) is 0 Å². The molecule has 2 N–H and O–H groups in total. The lowest BCUT2D eigenvalue weighted by Crippen LogP contribution is -2.11. The van der Waals surface area contributed by atoms with Crippen LogP contribution in [0.15, 0.2) is 36.4 Å². The maximum Gasteiger partial charge on any atom is 0.342 e. The van der Waals surface area contributed by atoms with Crippen molar-refractivity contribution in [3.05, 3.63) is 57.6 Å². The van der Waals surface area contributed by atoms with Crippen LogP contribution >= 0.6 is 23.2 Å². The molecule has 0 spiro atoms. The fourth-order valence-corrected chi connectivity index (χ4v) is 2.40. The molecule has 0 saturated heterocycles. The number of nitrogens with one attached hydrogen (secondary N) is 1. The molecule has 2 aromatic rings. The zero-order valence-electron chi connectivity index (χ0n) is 13.9. The fourth-order valence-electron chi connectivity index (χ4n) is 1.93. The standard InChI is InChI=1S/C17H17Cl2NO3.BHO/c1-3-22-10-23-17(21)12-6-4-5-7-14(12)20-16-13(18)9-8-11(2)15(16)19;1-2/h4-9,20H,3,10H2,1-2H3;2H. The summed E-state index contributed by atoms with van der Waals surface area (Å²) >= 11 is 12.5. The van der Waals surface area contributed by atoms with Crippen LogP contribution in [-0.4, -0.2) is 32.4 Å². The molecule has 5 nitrogen and oxygen atoms in total. The van der Waals surface area contributed by atoms with Gasteiger partial charge in [-0.05, 0) is 37.6 Å². The molecule has 0 aliphatic rings. The third-order valence-corrected chi connectivity index (χ3v) is 3.97. The molecule has 2 aromatic carbocycles. The Morgan fingerprint density at radius 1 is 1.20 bits per heavy atom. The van der Waals surface area contributed by atoms with Crippen molar-refractivity contribution in [3.63, 3.8) is 0 Å². The summed E-state index contributed by atoms with van der Waals surface area (Å²) in [5.74, 6) is -0.485. The van der Waals surface area contributed by atoms with Gasteiger partial charge in [-0.2, -0.15) is 0 Å². The maximum atomic E-state index is 12.2. The van der Waals surface area contributed by atoms with Crippen LogP contribution in [0.3, 0.4) is 0 Å². The predicted molar refractivity (Wildman–Crippen MR) is 101 cm³/mol.